The van der Waals surface area contributed by atoms with E-state index >= 15 is 0 Å². The molecule has 4 heterocycles. The van der Waals surface area contributed by atoms with Crippen molar-refractivity contribution in [1.29, 1.82) is 0 Å². The molecule has 2 aliphatic rings. The van der Waals surface area contributed by atoms with Crippen LogP contribution in [0, 0.1) is 0 Å². The highest BCUT2D eigenvalue weighted by atomic mass is 35.5. The molecule has 2 aromatic heterocycles. The van der Waals surface area contributed by atoms with Crippen molar-refractivity contribution in [2.45, 2.75) is 6.42 Å². The fourth-order valence-electron chi connectivity index (χ4n) is 3.58. The van der Waals surface area contributed by atoms with Gasteiger partial charge in [-0.1, -0.05) is 23.2 Å². The summed E-state index contributed by atoms with van der Waals surface area (Å²) >= 11 is 12.1. The lowest BCUT2D eigenvalue weighted by molar-refractivity contribution is 0.106. The molecule has 2 saturated heterocycles. The van der Waals surface area contributed by atoms with Crippen molar-refractivity contribution in [3.8, 4) is 11.3 Å². The number of furan rings is 1. The number of hydrogen-bond donors (Lipinski definition) is 1. The Morgan fingerprint density at radius 1 is 0.882 bits per heavy atom. The van der Waals surface area contributed by atoms with Crippen molar-refractivity contribution in [2.24, 2.45) is 5.10 Å². The van der Waals surface area contributed by atoms with E-state index in [0.29, 0.717) is 72.4 Å². The zero-order chi connectivity index (χ0) is 23.3. The second-order valence-electron chi connectivity index (χ2n) is 7.71. The predicted octanol–water partition coefficient (Wildman–Crippen LogP) is 3.91. The summed E-state index contributed by atoms with van der Waals surface area (Å²) in [5, 5.41) is 5.22. The van der Waals surface area contributed by atoms with E-state index in [2.05, 4.69) is 30.4 Å². The third-order valence-corrected chi connectivity index (χ3v) is 6.08. The second kappa shape index (κ2) is 10.6. The van der Waals surface area contributed by atoms with Gasteiger partial charge in [0.2, 0.25) is 17.8 Å². The Labute approximate surface area is 206 Å². The fourth-order valence-corrected chi connectivity index (χ4v) is 3.88. The lowest BCUT2D eigenvalue weighted by Gasteiger charge is -2.30. The van der Waals surface area contributed by atoms with Gasteiger partial charge in [-0.05, 0) is 36.8 Å². The van der Waals surface area contributed by atoms with Gasteiger partial charge in [0.15, 0.2) is 0 Å². The number of rotatable bonds is 6. The number of benzene rings is 1. The Hall–Kier alpha value is -2.92. The first-order valence-corrected chi connectivity index (χ1v) is 11.7. The molecular formula is C22H23Cl2N7O3. The van der Waals surface area contributed by atoms with Gasteiger partial charge in [-0.25, -0.2) is 5.43 Å². The second-order valence-corrected chi connectivity index (χ2v) is 8.53. The van der Waals surface area contributed by atoms with Gasteiger partial charge in [0.1, 0.15) is 18.3 Å². The van der Waals surface area contributed by atoms with Gasteiger partial charge >= 0.3 is 0 Å². The number of morpholine rings is 1. The molecule has 0 radical (unpaired) electrons. The molecule has 2 fully saturated rings. The largest absolute Gasteiger partial charge is 0.455 e. The molecule has 3 aromatic rings. The molecule has 0 unspecified atom stereocenters. The van der Waals surface area contributed by atoms with Crippen LogP contribution in [-0.2, 0) is 9.47 Å². The van der Waals surface area contributed by atoms with E-state index < -0.39 is 0 Å². The molecule has 34 heavy (non-hydrogen) atoms. The summed E-state index contributed by atoms with van der Waals surface area (Å²) in [6.45, 7) is 4.70. The van der Waals surface area contributed by atoms with Gasteiger partial charge < -0.3 is 23.7 Å². The number of hydrazone groups is 1. The van der Waals surface area contributed by atoms with Crippen LogP contribution in [0.15, 0.2) is 39.9 Å². The number of anilines is 3. The van der Waals surface area contributed by atoms with Crippen LogP contribution >= 0.6 is 23.2 Å². The van der Waals surface area contributed by atoms with E-state index in [1.54, 1.807) is 18.3 Å². The summed E-state index contributed by atoms with van der Waals surface area (Å²) in [7, 11) is 0. The van der Waals surface area contributed by atoms with Crippen LogP contribution in [0.25, 0.3) is 11.3 Å². The molecule has 178 valence electrons. The van der Waals surface area contributed by atoms with E-state index in [9.17, 15) is 0 Å². The first kappa shape index (κ1) is 22.9. The molecular weight excluding hydrogens is 481 g/mol. The maximum Gasteiger partial charge on any atom is 0.250 e. The Balaban J connectivity index is 1.33. The van der Waals surface area contributed by atoms with Crippen molar-refractivity contribution in [3.63, 3.8) is 0 Å². The molecule has 0 saturated carbocycles. The van der Waals surface area contributed by atoms with Gasteiger partial charge in [-0.3, -0.25) is 0 Å². The number of aromatic nitrogens is 3. The van der Waals surface area contributed by atoms with E-state index in [4.69, 9.17) is 37.1 Å². The summed E-state index contributed by atoms with van der Waals surface area (Å²) < 4.78 is 16.9. The minimum absolute atomic E-state index is 0.338. The van der Waals surface area contributed by atoms with Gasteiger partial charge in [0.05, 0.1) is 36.1 Å². The maximum atomic E-state index is 6.11. The molecule has 2 aliphatic heterocycles. The quantitative estimate of drug-likeness (QED) is 0.396. The molecule has 0 amide bonds. The molecule has 10 nitrogen and oxygen atoms in total. The summed E-state index contributed by atoms with van der Waals surface area (Å²) in [6, 6.07) is 8.98. The molecule has 5 rings (SSSR count). The fraction of sp³-hybridized carbons (Fsp3) is 0.364. The Morgan fingerprint density at radius 3 is 2.47 bits per heavy atom. The SMILES string of the molecule is Clc1ccc(-c2ccc(/C=N/Nc3nc(N4CCOCC4)nc(N4CCCOC4)n3)o2)cc1Cl. The Bertz CT molecular complexity index is 1120. The highest BCUT2D eigenvalue weighted by molar-refractivity contribution is 6.42. The number of halogens is 2. The van der Waals surface area contributed by atoms with Gasteiger partial charge in [-0.2, -0.15) is 20.1 Å². The molecule has 0 aliphatic carbocycles. The van der Waals surface area contributed by atoms with E-state index in [0.717, 1.165) is 25.1 Å². The Kier molecular flexibility index (Phi) is 7.10. The van der Waals surface area contributed by atoms with E-state index in [-0.39, 0.29) is 0 Å². The van der Waals surface area contributed by atoms with Crippen LogP contribution in [0.5, 0.6) is 0 Å². The highest BCUT2D eigenvalue weighted by Crippen LogP contribution is 2.29. The van der Waals surface area contributed by atoms with Crippen molar-refractivity contribution in [1.82, 2.24) is 15.0 Å². The van der Waals surface area contributed by atoms with Crippen LogP contribution in [0.2, 0.25) is 10.0 Å². The summed E-state index contributed by atoms with van der Waals surface area (Å²) in [4.78, 5) is 17.8. The van der Waals surface area contributed by atoms with Crippen molar-refractivity contribution < 1.29 is 13.9 Å². The van der Waals surface area contributed by atoms with E-state index in [1.165, 1.54) is 0 Å². The van der Waals surface area contributed by atoms with Crippen LogP contribution in [0.1, 0.15) is 12.2 Å². The van der Waals surface area contributed by atoms with Gasteiger partial charge in [-0.15, -0.1) is 0 Å². The number of hydrogen-bond acceptors (Lipinski definition) is 10. The summed E-state index contributed by atoms with van der Waals surface area (Å²) in [6.07, 6.45) is 2.47. The number of ether oxygens (including phenoxy) is 2. The molecule has 0 atom stereocenters. The smallest absolute Gasteiger partial charge is 0.250 e. The maximum absolute atomic E-state index is 6.11. The third kappa shape index (κ3) is 5.41. The third-order valence-electron chi connectivity index (χ3n) is 5.34. The highest BCUT2D eigenvalue weighted by Gasteiger charge is 2.20. The summed E-state index contributed by atoms with van der Waals surface area (Å²) in [5.41, 5.74) is 3.72. The van der Waals surface area contributed by atoms with Crippen LogP contribution in [0.3, 0.4) is 0 Å². The normalized spacial score (nSPS) is 16.9. The molecule has 12 heteroatoms. The molecule has 1 N–H and O–H groups in total. The van der Waals surface area contributed by atoms with Crippen molar-refractivity contribution >= 4 is 47.3 Å². The zero-order valence-corrected chi connectivity index (χ0v) is 19.8. The summed E-state index contributed by atoms with van der Waals surface area (Å²) in [5.74, 6) is 2.68. The van der Waals surface area contributed by atoms with Gasteiger partial charge in [0.25, 0.3) is 0 Å². The molecule has 0 spiro atoms. The average molecular weight is 504 g/mol. The lowest BCUT2D eigenvalue weighted by atomic mass is 10.2. The molecule has 1 aromatic carbocycles. The Morgan fingerprint density at radius 2 is 1.71 bits per heavy atom. The standard InChI is InChI=1S/C22H23Cl2N7O3/c23-17-4-2-15(12-18(17)24)19-5-3-16(34-19)13-25-29-20-26-21(30-7-10-32-11-8-30)28-22(27-20)31-6-1-9-33-14-31/h2-5,12-13H,1,6-11,14H2,(H,26,27,28,29)/b25-13+. The van der Waals surface area contributed by atoms with Gasteiger partial charge in [0, 0.05) is 25.2 Å². The van der Waals surface area contributed by atoms with Crippen molar-refractivity contribution in [3.05, 3.63) is 46.1 Å². The lowest BCUT2D eigenvalue weighted by Crippen LogP contribution is -2.39. The average Bonchev–Trinajstić information content (AvgIpc) is 3.35. The first-order chi connectivity index (χ1) is 16.7. The minimum Gasteiger partial charge on any atom is -0.455 e. The number of nitrogens with zero attached hydrogens (tertiary/aromatic N) is 6. The van der Waals surface area contributed by atoms with Crippen molar-refractivity contribution in [2.75, 3.05) is 61.4 Å². The minimum atomic E-state index is 0.338. The molecule has 0 bridgehead atoms. The number of nitrogens with one attached hydrogen (secondary N) is 1. The first-order valence-electron chi connectivity index (χ1n) is 10.9. The zero-order valence-electron chi connectivity index (χ0n) is 18.3. The van der Waals surface area contributed by atoms with Crippen LogP contribution in [0.4, 0.5) is 17.8 Å². The van der Waals surface area contributed by atoms with Crippen LogP contribution < -0.4 is 15.2 Å². The monoisotopic (exact) mass is 503 g/mol. The van der Waals surface area contributed by atoms with E-state index in [1.807, 2.05) is 23.1 Å². The topological polar surface area (TPSA) is 101 Å². The van der Waals surface area contributed by atoms with Crippen LogP contribution in [-0.4, -0.2) is 67.4 Å². The predicted molar refractivity (Wildman–Crippen MR) is 131 cm³/mol.